The Bertz CT molecular complexity index is 647. The van der Waals surface area contributed by atoms with Crippen molar-refractivity contribution in [1.29, 1.82) is 0 Å². The van der Waals surface area contributed by atoms with Gasteiger partial charge in [-0.25, -0.2) is 4.39 Å². The van der Waals surface area contributed by atoms with Crippen molar-refractivity contribution >= 4 is 27.7 Å². The summed E-state index contributed by atoms with van der Waals surface area (Å²) in [6.07, 6.45) is 0. The van der Waals surface area contributed by atoms with Gasteiger partial charge in [0.05, 0.1) is 5.56 Å². The van der Waals surface area contributed by atoms with Crippen LogP contribution in [0.3, 0.4) is 0 Å². The molecule has 102 valence electrons. The molecule has 2 aromatic rings. The summed E-state index contributed by atoms with van der Waals surface area (Å²) in [5, 5.41) is 0. The standard InChI is InChI=1S/C14H10BrFN2O2/c15-12-7-6-10(16)8-11(12)14(20)18-17-13(19)9-4-2-1-3-5-9/h1-8H,(H,17,19)(H,18,20). The van der Waals surface area contributed by atoms with Gasteiger partial charge < -0.3 is 0 Å². The number of amides is 2. The van der Waals surface area contributed by atoms with Gasteiger partial charge in [-0.3, -0.25) is 20.4 Å². The maximum Gasteiger partial charge on any atom is 0.270 e. The lowest BCUT2D eigenvalue weighted by molar-refractivity contribution is 0.0846. The second kappa shape index (κ2) is 6.29. The molecule has 0 fully saturated rings. The third-order valence-electron chi connectivity index (χ3n) is 2.50. The fraction of sp³-hybridized carbons (Fsp3) is 0. The number of hydrazine groups is 1. The van der Waals surface area contributed by atoms with Crippen LogP contribution in [0.2, 0.25) is 0 Å². The van der Waals surface area contributed by atoms with Crippen molar-refractivity contribution in [3.63, 3.8) is 0 Å². The van der Waals surface area contributed by atoms with Crippen molar-refractivity contribution in [3.05, 3.63) is 69.9 Å². The van der Waals surface area contributed by atoms with Crippen LogP contribution in [0.25, 0.3) is 0 Å². The molecule has 0 bridgehead atoms. The van der Waals surface area contributed by atoms with Gasteiger partial charge in [0, 0.05) is 10.0 Å². The van der Waals surface area contributed by atoms with Crippen molar-refractivity contribution in [2.24, 2.45) is 0 Å². The molecule has 2 aromatic carbocycles. The first-order valence-corrected chi connectivity index (χ1v) is 6.48. The highest BCUT2D eigenvalue weighted by Gasteiger charge is 2.12. The Balaban J connectivity index is 2.02. The third kappa shape index (κ3) is 3.42. The Morgan fingerprint density at radius 3 is 2.30 bits per heavy atom. The van der Waals surface area contributed by atoms with Gasteiger partial charge in [-0.1, -0.05) is 18.2 Å². The molecule has 0 unspecified atom stereocenters. The molecule has 0 aromatic heterocycles. The van der Waals surface area contributed by atoms with E-state index in [0.717, 1.165) is 6.07 Å². The van der Waals surface area contributed by atoms with Gasteiger partial charge in [0.1, 0.15) is 5.82 Å². The normalized spacial score (nSPS) is 9.90. The van der Waals surface area contributed by atoms with E-state index < -0.39 is 17.6 Å². The van der Waals surface area contributed by atoms with E-state index in [1.165, 1.54) is 12.1 Å². The summed E-state index contributed by atoms with van der Waals surface area (Å²) in [5.41, 5.74) is 5.00. The van der Waals surface area contributed by atoms with Crippen molar-refractivity contribution in [2.45, 2.75) is 0 Å². The zero-order chi connectivity index (χ0) is 14.5. The average molecular weight is 337 g/mol. The minimum absolute atomic E-state index is 0.0957. The fourth-order valence-corrected chi connectivity index (χ4v) is 1.94. The number of hydrogen-bond acceptors (Lipinski definition) is 2. The number of halogens is 2. The molecule has 0 saturated carbocycles. The van der Waals surface area contributed by atoms with Crippen LogP contribution < -0.4 is 10.9 Å². The second-order valence-corrected chi connectivity index (χ2v) is 4.75. The van der Waals surface area contributed by atoms with Crippen LogP contribution in [-0.4, -0.2) is 11.8 Å². The summed E-state index contributed by atoms with van der Waals surface area (Å²) in [6.45, 7) is 0. The summed E-state index contributed by atoms with van der Waals surface area (Å²) in [6, 6.07) is 12.1. The summed E-state index contributed by atoms with van der Waals surface area (Å²) >= 11 is 3.14. The molecule has 0 aliphatic rings. The molecule has 0 spiro atoms. The Hall–Kier alpha value is -2.21. The van der Waals surface area contributed by atoms with Gasteiger partial charge in [0.25, 0.3) is 11.8 Å². The first-order chi connectivity index (χ1) is 9.58. The van der Waals surface area contributed by atoms with Crippen LogP contribution in [0.1, 0.15) is 20.7 Å². The Labute approximate surface area is 123 Å². The van der Waals surface area contributed by atoms with Crippen molar-refractivity contribution in [1.82, 2.24) is 10.9 Å². The second-order valence-electron chi connectivity index (χ2n) is 3.90. The summed E-state index contributed by atoms with van der Waals surface area (Å²) < 4.78 is 13.5. The molecule has 2 N–H and O–H groups in total. The van der Waals surface area contributed by atoms with Crippen LogP contribution in [0.4, 0.5) is 4.39 Å². The van der Waals surface area contributed by atoms with Gasteiger partial charge >= 0.3 is 0 Å². The van der Waals surface area contributed by atoms with Crippen molar-refractivity contribution in [2.75, 3.05) is 0 Å². The molecule has 0 saturated heterocycles. The predicted octanol–water partition coefficient (Wildman–Crippen LogP) is 2.66. The van der Waals surface area contributed by atoms with Crippen LogP contribution >= 0.6 is 15.9 Å². The molecule has 0 radical (unpaired) electrons. The van der Waals surface area contributed by atoms with E-state index >= 15 is 0 Å². The highest BCUT2D eigenvalue weighted by atomic mass is 79.9. The molecule has 0 aliphatic heterocycles. The topological polar surface area (TPSA) is 58.2 Å². The van der Waals surface area contributed by atoms with E-state index in [0.29, 0.717) is 10.0 Å². The van der Waals surface area contributed by atoms with E-state index in [-0.39, 0.29) is 5.56 Å². The smallest absolute Gasteiger partial charge is 0.267 e. The molecular weight excluding hydrogens is 327 g/mol. The fourth-order valence-electron chi connectivity index (χ4n) is 1.51. The number of hydrogen-bond donors (Lipinski definition) is 2. The Morgan fingerprint density at radius 1 is 0.950 bits per heavy atom. The number of carbonyl (C=O) groups is 2. The first kappa shape index (κ1) is 14.2. The SMILES string of the molecule is O=C(NNC(=O)c1cc(F)ccc1Br)c1ccccc1. The molecule has 0 heterocycles. The van der Waals surface area contributed by atoms with E-state index in [1.807, 2.05) is 0 Å². The Kier molecular flexibility index (Phi) is 4.47. The van der Waals surface area contributed by atoms with Gasteiger partial charge in [-0.2, -0.15) is 0 Å². The number of benzene rings is 2. The van der Waals surface area contributed by atoms with Crippen LogP contribution in [-0.2, 0) is 0 Å². The van der Waals surface area contributed by atoms with E-state index in [2.05, 4.69) is 26.8 Å². The quantitative estimate of drug-likeness (QED) is 0.828. The Morgan fingerprint density at radius 2 is 1.60 bits per heavy atom. The van der Waals surface area contributed by atoms with E-state index in [9.17, 15) is 14.0 Å². The van der Waals surface area contributed by atoms with Crippen LogP contribution in [0.15, 0.2) is 53.0 Å². The summed E-state index contributed by atoms with van der Waals surface area (Å²) in [4.78, 5) is 23.6. The molecule has 2 rings (SSSR count). The van der Waals surface area contributed by atoms with Gasteiger partial charge in [-0.15, -0.1) is 0 Å². The molecule has 20 heavy (non-hydrogen) atoms. The number of nitrogens with one attached hydrogen (secondary N) is 2. The number of rotatable bonds is 2. The van der Waals surface area contributed by atoms with Gasteiger partial charge in [0.15, 0.2) is 0 Å². The lowest BCUT2D eigenvalue weighted by Gasteiger charge is -2.08. The maximum atomic E-state index is 13.1. The van der Waals surface area contributed by atoms with Gasteiger partial charge in [-0.05, 0) is 46.3 Å². The molecule has 2 amide bonds. The van der Waals surface area contributed by atoms with Gasteiger partial charge in [0.2, 0.25) is 0 Å². The molecule has 0 atom stereocenters. The lowest BCUT2D eigenvalue weighted by Crippen LogP contribution is -2.41. The molecule has 0 aliphatic carbocycles. The van der Waals surface area contributed by atoms with Crippen LogP contribution in [0.5, 0.6) is 0 Å². The molecular formula is C14H10BrFN2O2. The predicted molar refractivity (Wildman–Crippen MR) is 75.5 cm³/mol. The average Bonchev–Trinajstić information content (AvgIpc) is 2.47. The first-order valence-electron chi connectivity index (χ1n) is 5.68. The highest BCUT2D eigenvalue weighted by Crippen LogP contribution is 2.17. The largest absolute Gasteiger partial charge is 0.270 e. The minimum Gasteiger partial charge on any atom is -0.267 e. The van der Waals surface area contributed by atoms with Crippen molar-refractivity contribution in [3.8, 4) is 0 Å². The maximum absolute atomic E-state index is 13.1. The minimum atomic E-state index is -0.611. The summed E-state index contributed by atoms with van der Waals surface area (Å²) in [7, 11) is 0. The lowest BCUT2D eigenvalue weighted by atomic mass is 10.2. The number of carbonyl (C=O) groups excluding carboxylic acids is 2. The molecule has 4 nitrogen and oxygen atoms in total. The zero-order valence-electron chi connectivity index (χ0n) is 10.2. The van der Waals surface area contributed by atoms with E-state index in [4.69, 9.17) is 0 Å². The third-order valence-corrected chi connectivity index (χ3v) is 3.19. The summed E-state index contributed by atoms with van der Waals surface area (Å²) in [5.74, 6) is -1.60. The van der Waals surface area contributed by atoms with E-state index in [1.54, 1.807) is 30.3 Å². The molecule has 6 heteroatoms. The zero-order valence-corrected chi connectivity index (χ0v) is 11.8. The van der Waals surface area contributed by atoms with Crippen LogP contribution in [0, 0.1) is 5.82 Å². The van der Waals surface area contributed by atoms with Crippen molar-refractivity contribution < 1.29 is 14.0 Å². The highest BCUT2D eigenvalue weighted by molar-refractivity contribution is 9.10. The monoisotopic (exact) mass is 336 g/mol.